The molecule has 1 aromatic carbocycles. The number of imidazole rings is 1. The molecule has 3 heteroatoms. The summed E-state index contributed by atoms with van der Waals surface area (Å²) < 4.78 is 0. The van der Waals surface area contributed by atoms with Crippen LogP contribution in [0.5, 0.6) is 0 Å². The molecule has 1 aliphatic heterocycles. The van der Waals surface area contributed by atoms with Crippen molar-refractivity contribution in [1.82, 2.24) is 15.3 Å². The first kappa shape index (κ1) is 12.7. The van der Waals surface area contributed by atoms with E-state index in [-0.39, 0.29) is 5.41 Å². The van der Waals surface area contributed by atoms with E-state index in [4.69, 9.17) is 4.98 Å². The first-order valence-corrected chi connectivity index (χ1v) is 7.33. The summed E-state index contributed by atoms with van der Waals surface area (Å²) >= 11 is 0. The molecule has 3 rings (SSSR count). The van der Waals surface area contributed by atoms with Crippen LogP contribution in [0.15, 0.2) is 12.1 Å². The zero-order valence-electron chi connectivity index (χ0n) is 12.1. The van der Waals surface area contributed by atoms with Crippen molar-refractivity contribution in [2.45, 2.75) is 45.4 Å². The molecule has 0 aliphatic carbocycles. The molecule has 1 saturated heterocycles. The number of hydrogen-bond donors (Lipinski definition) is 2. The van der Waals surface area contributed by atoms with Crippen molar-refractivity contribution < 1.29 is 0 Å². The Kier molecular flexibility index (Phi) is 3.09. The van der Waals surface area contributed by atoms with Crippen LogP contribution in [-0.4, -0.2) is 23.1 Å². The van der Waals surface area contributed by atoms with Crippen LogP contribution in [0.1, 0.15) is 43.1 Å². The minimum absolute atomic E-state index is 0.194. The lowest BCUT2D eigenvalue weighted by atomic mass is 9.77. The van der Waals surface area contributed by atoms with E-state index in [1.165, 1.54) is 35.3 Å². The van der Waals surface area contributed by atoms with Crippen LogP contribution in [0.3, 0.4) is 0 Å². The van der Waals surface area contributed by atoms with Crippen LogP contribution in [0.4, 0.5) is 0 Å². The Hall–Kier alpha value is -1.35. The molecule has 1 atom stereocenters. The van der Waals surface area contributed by atoms with Crippen molar-refractivity contribution in [1.29, 1.82) is 0 Å². The lowest BCUT2D eigenvalue weighted by Crippen LogP contribution is -2.43. The molecule has 2 N–H and O–H groups in total. The lowest BCUT2D eigenvalue weighted by Gasteiger charge is -2.35. The average Bonchev–Trinajstić information content (AvgIpc) is 2.83. The zero-order valence-corrected chi connectivity index (χ0v) is 12.1. The number of nitrogens with one attached hydrogen (secondary N) is 2. The molecule has 3 nitrogen and oxygen atoms in total. The van der Waals surface area contributed by atoms with Gasteiger partial charge in [0.05, 0.1) is 11.0 Å². The third-order valence-corrected chi connectivity index (χ3v) is 4.75. The van der Waals surface area contributed by atoms with E-state index in [2.05, 4.69) is 43.2 Å². The molecular weight excluding hydrogens is 234 g/mol. The molecule has 0 radical (unpaired) electrons. The first-order valence-electron chi connectivity index (χ1n) is 7.33. The number of aromatic nitrogens is 2. The van der Waals surface area contributed by atoms with Crippen LogP contribution in [0.2, 0.25) is 0 Å². The van der Waals surface area contributed by atoms with Gasteiger partial charge in [-0.15, -0.1) is 0 Å². The van der Waals surface area contributed by atoms with Gasteiger partial charge in [0.15, 0.2) is 0 Å². The number of benzene rings is 1. The summed E-state index contributed by atoms with van der Waals surface area (Å²) in [5.41, 5.74) is 5.12. The normalized spacial score (nSPS) is 23.9. The maximum absolute atomic E-state index is 4.89. The number of aromatic amines is 1. The first-order chi connectivity index (χ1) is 9.14. The van der Waals surface area contributed by atoms with Gasteiger partial charge in [-0.05, 0) is 62.9 Å². The molecule has 2 heterocycles. The predicted molar refractivity (Wildman–Crippen MR) is 79.6 cm³/mol. The molecule has 1 aliphatic rings. The van der Waals surface area contributed by atoms with Gasteiger partial charge < -0.3 is 10.3 Å². The minimum atomic E-state index is 0.194. The van der Waals surface area contributed by atoms with Gasteiger partial charge in [0.25, 0.3) is 0 Å². The highest BCUT2D eigenvalue weighted by molar-refractivity contribution is 5.77. The summed E-state index contributed by atoms with van der Waals surface area (Å²) in [6.45, 7) is 8.77. The van der Waals surface area contributed by atoms with E-state index in [0.29, 0.717) is 0 Å². The molecule has 1 fully saturated rings. The smallest absolute Gasteiger partial charge is 0.114 e. The maximum atomic E-state index is 4.89. The van der Waals surface area contributed by atoms with Gasteiger partial charge in [0.2, 0.25) is 0 Å². The number of H-pyrrole nitrogens is 1. The van der Waals surface area contributed by atoms with Gasteiger partial charge in [-0.25, -0.2) is 4.98 Å². The highest BCUT2D eigenvalue weighted by atomic mass is 15.0. The molecule has 19 heavy (non-hydrogen) atoms. The van der Waals surface area contributed by atoms with E-state index >= 15 is 0 Å². The topological polar surface area (TPSA) is 40.7 Å². The Morgan fingerprint density at radius 1 is 1.26 bits per heavy atom. The van der Waals surface area contributed by atoms with Crippen molar-refractivity contribution in [3.63, 3.8) is 0 Å². The van der Waals surface area contributed by atoms with Crippen LogP contribution >= 0.6 is 0 Å². The molecule has 2 aromatic rings. The Morgan fingerprint density at radius 2 is 2.05 bits per heavy atom. The fraction of sp³-hybridized carbons (Fsp3) is 0.562. The summed E-state index contributed by atoms with van der Waals surface area (Å²) in [4.78, 5) is 8.46. The van der Waals surface area contributed by atoms with E-state index in [0.717, 1.165) is 25.0 Å². The van der Waals surface area contributed by atoms with Gasteiger partial charge >= 0.3 is 0 Å². The second-order valence-corrected chi connectivity index (χ2v) is 5.95. The highest BCUT2D eigenvalue weighted by Crippen LogP contribution is 2.34. The second kappa shape index (κ2) is 4.64. The van der Waals surface area contributed by atoms with Crippen molar-refractivity contribution >= 4 is 11.0 Å². The van der Waals surface area contributed by atoms with Gasteiger partial charge in [-0.2, -0.15) is 0 Å². The maximum Gasteiger partial charge on any atom is 0.114 e. The largest absolute Gasteiger partial charge is 0.341 e. The van der Waals surface area contributed by atoms with E-state index < -0.39 is 0 Å². The van der Waals surface area contributed by atoms with Crippen LogP contribution in [-0.2, 0) is 5.41 Å². The number of fused-ring (bicyclic) bond motifs is 1. The Labute approximate surface area is 114 Å². The second-order valence-electron chi connectivity index (χ2n) is 5.95. The van der Waals surface area contributed by atoms with E-state index in [1.807, 2.05) is 0 Å². The lowest BCUT2D eigenvalue weighted by molar-refractivity contribution is 0.290. The molecule has 0 spiro atoms. The Bertz CT molecular complexity index is 552. The zero-order chi connectivity index (χ0) is 13.5. The summed E-state index contributed by atoms with van der Waals surface area (Å²) in [5, 5.41) is 3.53. The third-order valence-electron chi connectivity index (χ3n) is 4.75. The summed E-state index contributed by atoms with van der Waals surface area (Å²) in [7, 11) is 0. The predicted octanol–water partition coefficient (Wildman–Crippen LogP) is 3.21. The highest BCUT2D eigenvalue weighted by Gasteiger charge is 2.35. The molecule has 102 valence electrons. The number of rotatable bonds is 2. The summed E-state index contributed by atoms with van der Waals surface area (Å²) in [5.74, 6) is 1.17. The fourth-order valence-corrected chi connectivity index (χ4v) is 3.16. The summed E-state index contributed by atoms with van der Waals surface area (Å²) in [6, 6.07) is 4.42. The molecule has 1 aromatic heterocycles. The Balaban J connectivity index is 2.09. The Morgan fingerprint density at radius 3 is 2.74 bits per heavy atom. The quantitative estimate of drug-likeness (QED) is 0.867. The molecule has 0 amide bonds. The number of aryl methyl sites for hydroxylation is 2. The van der Waals surface area contributed by atoms with Crippen LogP contribution in [0, 0.1) is 13.8 Å². The van der Waals surface area contributed by atoms with Crippen molar-refractivity contribution in [2.24, 2.45) is 0 Å². The number of piperidine rings is 1. The van der Waals surface area contributed by atoms with Gasteiger partial charge in [0, 0.05) is 12.0 Å². The van der Waals surface area contributed by atoms with Gasteiger partial charge in [-0.1, -0.05) is 6.92 Å². The molecule has 1 unspecified atom stereocenters. The van der Waals surface area contributed by atoms with Crippen molar-refractivity contribution in [3.05, 3.63) is 29.1 Å². The SMILES string of the molecule is CCC1(c2nc3cc(C)c(C)cc3[nH]2)CCCNC1. The number of hydrogen-bond acceptors (Lipinski definition) is 2. The van der Waals surface area contributed by atoms with Crippen molar-refractivity contribution in [3.8, 4) is 0 Å². The molecule has 0 saturated carbocycles. The standard InChI is InChI=1S/C16H23N3/c1-4-16(6-5-7-17-10-16)15-18-13-8-11(2)12(3)9-14(13)19-15/h8-9,17H,4-7,10H2,1-3H3,(H,18,19). The van der Waals surface area contributed by atoms with Crippen LogP contribution in [0.25, 0.3) is 11.0 Å². The monoisotopic (exact) mass is 257 g/mol. The minimum Gasteiger partial charge on any atom is -0.341 e. The molecular formula is C16H23N3. The van der Waals surface area contributed by atoms with Crippen LogP contribution < -0.4 is 5.32 Å². The van der Waals surface area contributed by atoms with Crippen molar-refractivity contribution in [2.75, 3.05) is 13.1 Å². The van der Waals surface area contributed by atoms with Gasteiger partial charge in [0.1, 0.15) is 5.82 Å². The van der Waals surface area contributed by atoms with Gasteiger partial charge in [-0.3, -0.25) is 0 Å². The third kappa shape index (κ3) is 2.06. The fourth-order valence-electron chi connectivity index (χ4n) is 3.16. The molecule has 0 bridgehead atoms. The van der Waals surface area contributed by atoms with E-state index in [9.17, 15) is 0 Å². The summed E-state index contributed by atoms with van der Waals surface area (Å²) in [6.07, 6.45) is 3.61. The van der Waals surface area contributed by atoms with E-state index in [1.54, 1.807) is 0 Å². The number of nitrogens with zero attached hydrogens (tertiary/aromatic N) is 1. The average molecular weight is 257 g/mol.